The molecule has 7 rings (SSSR count). The van der Waals surface area contributed by atoms with E-state index in [1.807, 2.05) is 18.3 Å². The Balaban J connectivity index is 1.10. The minimum atomic E-state index is -0.687. The molecule has 4 aromatic rings. The monoisotopic (exact) mass is 534 g/mol. The molecule has 0 spiro atoms. The highest BCUT2D eigenvalue weighted by Gasteiger charge is 2.30. The van der Waals surface area contributed by atoms with Gasteiger partial charge >= 0.3 is 0 Å². The van der Waals surface area contributed by atoms with E-state index in [1.54, 1.807) is 10.6 Å². The van der Waals surface area contributed by atoms with Crippen molar-refractivity contribution in [1.82, 2.24) is 34.3 Å². The zero-order chi connectivity index (χ0) is 26.5. The number of piperazine rings is 1. The topological polar surface area (TPSA) is 75.0 Å². The average molecular weight is 535 g/mol. The van der Waals surface area contributed by atoms with E-state index in [0.717, 1.165) is 37.9 Å². The maximum atomic E-state index is 15.0. The first kappa shape index (κ1) is 24.5. The van der Waals surface area contributed by atoms with Gasteiger partial charge in [-0.05, 0) is 49.6 Å². The molecule has 2 saturated heterocycles. The fourth-order valence-electron chi connectivity index (χ4n) is 6.29. The molecule has 0 radical (unpaired) electrons. The Morgan fingerprint density at radius 1 is 0.974 bits per heavy atom. The summed E-state index contributed by atoms with van der Waals surface area (Å²) in [6.07, 6.45) is 6.65. The van der Waals surface area contributed by atoms with Crippen LogP contribution in [0.1, 0.15) is 36.7 Å². The summed E-state index contributed by atoms with van der Waals surface area (Å²) in [7, 11) is 0. The van der Waals surface area contributed by atoms with E-state index in [4.69, 9.17) is 0 Å². The lowest BCUT2D eigenvalue weighted by atomic mass is 10.1. The van der Waals surface area contributed by atoms with E-state index in [2.05, 4.69) is 35.1 Å². The third kappa shape index (κ3) is 4.53. The molecular weight excluding hydrogens is 505 g/mol. The molecule has 0 aliphatic carbocycles. The van der Waals surface area contributed by atoms with Gasteiger partial charge in [0.15, 0.2) is 11.6 Å². The van der Waals surface area contributed by atoms with Gasteiger partial charge in [0.1, 0.15) is 29.5 Å². The van der Waals surface area contributed by atoms with Gasteiger partial charge in [-0.3, -0.25) is 9.80 Å². The Morgan fingerprint density at radius 2 is 1.90 bits per heavy atom. The summed E-state index contributed by atoms with van der Waals surface area (Å²) in [5.74, 6) is 0.0291. The standard InChI is InChI=1S/C28H29F3N8/c29-12-19-4-6-25-35-27-21(30)10-18(11-23(27)39(19)25)26-22(31)14-33-28(36-26)34-24-5-3-17(13-32-24)15-37-8-9-38-7-1-2-20(38)16-37/h3,5,10-11,13-14,19-20H,1-2,4,6-9,12,15-16H2,(H,32,33,34,36)/t19-,20+/m0/s1. The molecule has 1 N–H and O–H groups in total. The molecular formula is C28H29F3N8. The van der Waals surface area contributed by atoms with Gasteiger partial charge in [0, 0.05) is 50.4 Å². The SMILES string of the molecule is FC[C@@H]1CCc2nc3c(F)cc(-c4nc(Nc5ccc(CN6CCN7CCC[C@@H]7C6)cn5)ncc4F)cc3n21. The number of fused-ring (bicyclic) bond motifs is 4. The van der Waals surface area contributed by atoms with Crippen LogP contribution in [0.15, 0.2) is 36.7 Å². The molecule has 0 bridgehead atoms. The van der Waals surface area contributed by atoms with Gasteiger partial charge in [0.25, 0.3) is 0 Å². The molecule has 2 atom stereocenters. The summed E-state index contributed by atoms with van der Waals surface area (Å²) in [5, 5.41) is 3.03. The number of rotatable bonds is 6. The second-order valence-corrected chi connectivity index (χ2v) is 10.7. The molecule has 0 saturated carbocycles. The number of benzene rings is 1. The highest BCUT2D eigenvalue weighted by molar-refractivity contribution is 5.83. The number of pyridine rings is 1. The van der Waals surface area contributed by atoms with Crippen LogP contribution in [0.3, 0.4) is 0 Å². The van der Waals surface area contributed by atoms with Crippen molar-refractivity contribution in [2.24, 2.45) is 0 Å². The van der Waals surface area contributed by atoms with E-state index in [9.17, 15) is 13.2 Å². The second kappa shape index (κ2) is 9.87. The summed E-state index contributed by atoms with van der Waals surface area (Å²) in [6, 6.07) is 6.98. The minimum Gasteiger partial charge on any atom is -0.322 e. The smallest absolute Gasteiger partial charge is 0.229 e. The first-order valence-electron chi connectivity index (χ1n) is 13.5. The fourth-order valence-corrected chi connectivity index (χ4v) is 6.29. The highest BCUT2D eigenvalue weighted by atomic mass is 19.1. The van der Waals surface area contributed by atoms with Crippen molar-refractivity contribution < 1.29 is 13.2 Å². The van der Waals surface area contributed by atoms with Crippen LogP contribution in [-0.2, 0) is 13.0 Å². The second-order valence-electron chi connectivity index (χ2n) is 10.7. The molecule has 11 heteroatoms. The number of imidazole rings is 1. The summed E-state index contributed by atoms with van der Waals surface area (Å²) in [5.41, 5.74) is 1.91. The summed E-state index contributed by atoms with van der Waals surface area (Å²) >= 11 is 0. The van der Waals surface area contributed by atoms with Gasteiger partial charge in [-0.15, -0.1) is 0 Å². The number of halogens is 3. The van der Waals surface area contributed by atoms with Crippen LogP contribution in [0.25, 0.3) is 22.3 Å². The van der Waals surface area contributed by atoms with Crippen molar-refractivity contribution in [2.45, 2.75) is 44.3 Å². The van der Waals surface area contributed by atoms with Gasteiger partial charge in [0.2, 0.25) is 5.95 Å². The van der Waals surface area contributed by atoms with Crippen LogP contribution in [0.5, 0.6) is 0 Å². The number of anilines is 2. The molecule has 0 amide bonds. The molecule has 3 aliphatic heterocycles. The zero-order valence-corrected chi connectivity index (χ0v) is 21.5. The summed E-state index contributed by atoms with van der Waals surface area (Å²) < 4.78 is 45.1. The molecule has 3 aromatic heterocycles. The first-order valence-corrected chi connectivity index (χ1v) is 13.5. The number of aryl methyl sites for hydroxylation is 1. The molecule has 202 valence electrons. The predicted octanol–water partition coefficient (Wildman–Crippen LogP) is 4.65. The maximum absolute atomic E-state index is 15.0. The van der Waals surface area contributed by atoms with Gasteiger partial charge < -0.3 is 9.88 Å². The Hall–Kier alpha value is -3.57. The zero-order valence-electron chi connectivity index (χ0n) is 21.5. The van der Waals surface area contributed by atoms with Crippen LogP contribution in [0.2, 0.25) is 0 Å². The first-order chi connectivity index (χ1) is 19.1. The van der Waals surface area contributed by atoms with Crippen molar-refractivity contribution in [3.8, 4) is 11.3 Å². The number of hydrogen-bond acceptors (Lipinski definition) is 7. The van der Waals surface area contributed by atoms with Crippen molar-refractivity contribution in [3.05, 3.63) is 59.7 Å². The average Bonchev–Trinajstić information content (AvgIpc) is 3.66. The van der Waals surface area contributed by atoms with Crippen molar-refractivity contribution >= 4 is 22.8 Å². The largest absolute Gasteiger partial charge is 0.322 e. The normalized spacial score (nSPS) is 21.4. The predicted molar refractivity (Wildman–Crippen MR) is 141 cm³/mol. The van der Waals surface area contributed by atoms with Gasteiger partial charge in [0.05, 0.1) is 17.8 Å². The van der Waals surface area contributed by atoms with Gasteiger partial charge in [-0.25, -0.2) is 33.1 Å². The molecule has 1 aromatic carbocycles. The Labute approximate surface area is 223 Å². The van der Waals surface area contributed by atoms with Crippen molar-refractivity contribution in [2.75, 3.05) is 38.2 Å². The van der Waals surface area contributed by atoms with E-state index >= 15 is 0 Å². The lowest BCUT2D eigenvalue weighted by Crippen LogP contribution is -2.49. The van der Waals surface area contributed by atoms with E-state index in [-0.39, 0.29) is 22.7 Å². The summed E-state index contributed by atoms with van der Waals surface area (Å²) in [4.78, 5) is 22.3. The van der Waals surface area contributed by atoms with Crippen LogP contribution in [-0.4, -0.2) is 73.2 Å². The molecule has 0 unspecified atom stereocenters. The molecule has 3 aliphatic rings. The Kier molecular flexibility index (Phi) is 6.19. The highest BCUT2D eigenvalue weighted by Crippen LogP contribution is 2.35. The minimum absolute atomic E-state index is 0.0543. The maximum Gasteiger partial charge on any atom is 0.229 e. The fraction of sp³-hybridized carbons (Fsp3) is 0.429. The van der Waals surface area contributed by atoms with E-state index in [1.165, 1.54) is 25.5 Å². The Morgan fingerprint density at radius 3 is 2.74 bits per heavy atom. The van der Waals surface area contributed by atoms with Crippen molar-refractivity contribution in [1.29, 1.82) is 0 Å². The quantitative estimate of drug-likeness (QED) is 0.386. The lowest BCUT2D eigenvalue weighted by Gasteiger charge is -2.37. The van der Waals surface area contributed by atoms with Gasteiger partial charge in [-0.2, -0.15) is 0 Å². The van der Waals surface area contributed by atoms with Crippen LogP contribution >= 0.6 is 0 Å². The molecule has 2 fully saturated rings. The number of alkyl halides is 1. The molecule has 6 heterocycles. The van der Waals surface area contributed by atoms with E-state index < -0.39 is 24.4 Å². The van der Waals surface area contributed by atoms with Crippen LogP contribution in [0.4, 0.5) is 24.9 Å². The van der Waals surface area contributed by atoms with E-state index in [0.29, 0.717) is 36.0 Å². The Bertz CT molecular complexity index is 1520. The number of hydrogen-bond donors (Lipinski definition) is 1. The third-order valence-corrected chi connectivity index (χ3v) is 8.23. The van der Waals surface area contributed by atoms with Crippen LogP contribution in [0, 0.1) is 11.6 Å². The number of aromatic nitrogens is 5. The summed E-state index contributed by atoms with van der Waals surface area (Å²) in [6.45, 7) is 4.79. The van der Waals surface area contributed by atoms with Gasteiger partial charge in [-0.1, -0.05) is 6.07 Å². The molecule has 39 heavy (non-hydrogen) atoms. The van der Waals surface area contributed by atoms with Crippen molar-refractivity contribution in [3.63, 3.8) is 0 Å². The van der Waals surface area contributed by atoms with Crippen LogP contribution < -0.4 is 5.32 Å². The number of nitrogens with one attached hydrogen (secondary N) is 1. The molecule has 8 nitrogen and oxygen atoms in total. The third-order valence-electron chi connectivity index (χ3n) is 8.23. The lowest BCUT2D eigenvalue weighted by molar-refractivity contribution is 0.0993. The number of nitrogens with zero attached hydrogens (tertiary/aromatic N) is 7.